The molecule has 0 N–H and O–H groups in total. The molecule has 0 bridgehead atoms. The summed E-state index contributed by atoms with van der Waals surface area (Å²) in [5, 5.41) is 8.33. The Morgan fingerprint density at radius 1 is 1.00 bits per heavy atom. The van der Waals surface area contributed by atoms with E-state index in [0.717, 1.165) is 16.8 Å². The molecule has 0 saturated heterocycles. The quantitative estimate of drug-likeness (QED) is 0.571. The van der Waals surface area contributed by atoms with Crippen LogP contribution in [0.2, 0.25) is 0 Å². The highest BCUT2D eigenvalue weighted by atomic mass is 32.1. The van der Waals surface area contributed by atoms with Crippen LogP contribution in [0.4, 0.5) is 5.69 Å². The lowest BCUT2D eigenvalue weighted by atomic mass is 10.2. The van der Waals surface area contributed by atoms with Crippen LogP contribution in [-0.4, -0.2) is 28.7 Å². The number of anilines is 1. The van der Waals surface area contributed by atoms with Crippen LogP contribution in [0.5, 0.6) is 0 Å². The molecule has 2 aromatic heterocycles. The van der Waals surface area contributed by atoms with Crippen LogP contribution < -0.4 is 15.0 Å². The number of thiazole rings is 1. The van der Waals surface area contributed by atoms with Crippen molar-refractivity contribution < 1.29 is 0 Å². The number of hydrogen-bond acceptors (Lipinski definition) is 5. The summed E-state index contributed by atoms with van der Waals surface area (Å²) in [5.41, 5.74) is 2.91. The van der Waals surface area contributed by atoms with Crippen molar-refractivity contribution in [2.45, 2.75) is 0 Å². The van der Waals surface area contributed by atoms with Crippen LogP contribution >= 0.6 is 11.3 Å². The Balaban J connectivity index is 1.83. The van der Waals surface area contributed by atoms with Gasteiger partial charge in [0.15, 0.2) is 5.82 Å². The zero-order valence-electron chi connectivity index (χ0n) is 13.9. The number of aromatic nitrogens is 3. The molecule has 0 aliphatic rings. The Bertz CT molecular complexity index is 1130. The van der Waals surface area contributed by atoms with Gasteiger partial charge in [-0.3, -0.25) is 4.79 Å². The van der Waals surface area contributed by atoms with E-state index in [-0.39, 0.29) is 5.56 Å². The van der Waals surface area contributed by atoms with Crippen LogP contribution in [0.15, 0.2) is 59.4 Å². The van der Waals surface area contributed by atoms with Crippen LogP contribution in [0.1, 0.15) is 5.56 Å². The van der Waals surface area contributed by atoms with Gasteiger partial charge in [0.1, 0.15) is 0 Å². The van der Waals surface area contributed by atoms with E-state index in [1.165, 1.54) is 11.3 Å². The molecule has 0 aliphatic heterocycles. The first kappa shape index (κ1) is 15.5. The fourth-order valence-corrected chi connectivity index (χ4v) is 3.57. The summed E-state index contributed by atoms with van der Waals surface area (Å²) in [7, 11) is 4.00. The number of nitrogens with zero attached hydrogens (tertiary/aromatic N) is 4. The summed E-state index contributed by atoms with van der Waals surface area (Å²) in [6, 6.07) is 17.7. The maximum Gasteiger partial charge on any atom is 0.276 e. The summed E-state index contributed by atoms with van der Waals surface area (Å²) in [5.74, 6) is 0.583. The van der Waals surface area contributed by atoms with E-state index in [0.29, 0.717) is 15.3 Å². The van der Waals surface area contributed by atoms with Crippen LogP contribution in [0.3, 0.4) is 0 Å². The van der Waals surface area contributed by atoms with Gasteiger partial charge in [-0.2, -0.15) is 0 Å². The number of hydrogen-bond donors (Lipinski definition) is 0. The van der Waals surface area contributed by atoms with Gasteiger partial charge in [-0.05, 0) is 23.8 Å². The maximum absolute atomic E-state index is 12.8. The molecule has 0 aliphatic carbocycles. The van der Waals surface area contributed by atoms with Gasteiger partial charge >= 0.3 is 0 Å². The first-order valence-corrected chi connectivity index (χ1v) is 8.67. The van der Waals surface area contributed by atoms with E-state index in [2.05, 4.69) is 10.2 Å². The Labute approximate surface area is 148 Å². The summed E-state index contributed by atoms with van der Waals surface area (Å²) in [6.07, 6.45) is 1.90. The molecule has 0 atom stereocenters. The minimum Gasteiger partial charge on any atom is -0.378 e. The molecular formula is C19H16N4OS. The Hall–Kier alpha value is -2.99. The first-order valence-electron chi connectivity index (χ1n) is 7.86. The summed E-state index contributed by atoms with van der Waals surface area (Å²) >= 11 is 1.36. The van der Waals surface area contributed by atoms with Gasteiger partial charge < -0.3 is 4.90 Å². The van der Waals surface area contributed by atoms with Crippen molar-refractivity contribution in [2.24, 2.45) is 0 Å². The SMILES string of the molecule is CN(C)c1ccc(/C=c2/sc3nnc(-c4ccccc4)n3c2=O)cc1. The van der Waals surface area contributed by atoms with Gasteiger partial charge in [0.05, 0.1) is 4.53 Å². The number of rotatable bonds is 3. The van der Waals surface area contributed by atoms with Crippen molar-refractivity contribution in [3.05, 3.63) is 75.0 Å². The van der Waals surface area contributed by atoms with E-state index in [1.54, 1.807) is 4.40 Å². The molecule has 4 rings (SSSR count). The van der Waals surface area contributed by atoms with Gasteiger partial charge in [0.25, 0.3) is 5.56 Å². The smallest absolute Gasteiger partial charge is 0.276 e. The lowest BCUT2D eigenvalue weighted by Gasteiger charge is -2.11. The molecule has 0 unspecified atom stereocenters. The molecule has 0 spiro atoms. The van der Waals surface area contributed by atoms with E-state index in [1.807, 2.05) is 79.7 Å². The van der Waals surface area contributed by atoms with Crippen LogP contribution in [-0.2, 0) is 0 Å². The van der Waals surface area contributed by atoms with E-state index in [4.69, 9.17) is 0 Å². The third-order valence-corrected chi connectivity index (χ3v) is 4.95. The van der Waals surface area contributed by atoms with Crippen LogP contribution in [0.25, 0.3) is 22.4 Å². The highest BCUT2D eigenvalue weighted by molar-refractivity contribution is 7.15. The van der Waals surface area contributed by atoms with Crippen molar-refractivity contribution in [2.75, 3.05) is 19.0 Å². The molecule has 4 aromatic rings. The van der Waals surface area contributed by atoms with Crippen molar-refractivity contribution in [3.8, 4) is 11.4 Å². The van der Waals surface area contributed by atoms with E-state index in [9.17, 15) is 4.79 Å². The Kier molecular flexibility index (Phi) is 3.82. The van der Waals surface area contributed by atoms with Crippen LogP contribution in [0, 0.1) is 0 Å². The maximum atomic E-state index is 12.8. The van der Waals surface area contributed by atoms with Crippen molar-refractivity contribution >= 4 is 28.1 Å². The molecule has 0 fully saturated rings. The van der Waals surface area contributed by atoms with E-state index >= 15 is 0 Å². The lowest BCUT2D eigenvalue weighted by molar-refractivity contribution is 1.09. The van der Waals surface area contributed by atoms with Gasteiger partial charge in [0, 0.05) is 25.3 Å². The fourth-order valence-electron chi connectivity index (χ4n) is 2.66. The lowest BCUT2D eigenvalue weighted by Crippen LogP contribution is -2.23. The van der Waals surface area contributed by atoms with Gasteiger partial charge in [-0.25, -0.2) is 4.40 Å². The molecule has 0 amide bonds. The highest BCUT2D eigenvalue weighted by Crippen LogP contribution is 2.17. The molecule has 5 nitrogen and oxygen atoms in total. The minimum absolute atomic E-state index is 0.0828. The predicted octanol–water partition coefficient (Wildman–Crippen LogP) is 2.43. The average molecular weight is 348 g/mol. The summed E-state index contributed by atoms with van der Waals surface area (Å²) in [4.78, 5) is 15.5. The third kappa shape index (κ3) is 2.81. The van der Waals surface area contributed by atoms with Crippen molar-refractivity contribution in [3.63, 3.8) is 0 Å². The highest BCUT2D eigenvalue weighted by Gasteiger charge is 2.13. The number of fused-ring (bicyclic) bond motifs is 1. The summed E-state index contributed by atoms with van der Waals surface area (Å²) < 4.78 is 2.24. The Morgan fingerprint density at radius 3 is 2.40 bits per heavy atom. The molecule has 25 heavy (non-hydrogen) atoms. The topological polar surface area (TPSA) is 50.5 Å². The standard InChI is InChI=1S/C19H16N4OS/c1-22(2)15-10-8-13(9-11-15)12-16-18(24)23-17(20-21-19(23)25-16)14-6-4-3-5-7-14/h3-12H,1-2H3/b16-12+. The monoisotopic (exact) mass is 348 g/mol. The molecule has 124 valence electrons. The molecular weight excluding hydrogens is 332 g/mol. The summed E-state index contributed by atoms with van der Waals surface area (Å²) in [6.45, 7) is 0. The molecule has 6 heteroatoms. The molecule has 2 aromatic carbocycles. The van der Waals surface area contributed by atoms with E-state index < -0.39 is 0 Å². The van der Waals surface area contributed by atoms with Crippen molar-refractivity contribution in [1.82, 2.24) is 14.6 Å². The number of benzene rings is 2. The second-order valence-electron chi connectivity index (χ2n) is 5.91. The minimum atomic E-state index is -0.0828. The van der Waals surface area contributed by atoms with Gasteiger partial charge in [-0.1, -0.05) is 53.8 Å². The largest absolute Gasteiger partial charge is 0.378 e. The zero-order valence-corrected chi connectivity index (χ0v) is 14.7. The van der Waals surface area contributed by atoms with Gasteiger partial charge in [0.2, 0.25) is 4.96 Å². The first-order chi connectivity index (χ1) is 12.1. The molecule has 0 saturated carbocycles. The Morgan fingerprint density at radius 2 is 1.72 bits per heavy atom. The fraction of sp³-hybridized carbons (Fsp3) is 0.105. The zero-order chi connectivity index (χ0) is 17.4. The van der Waals surface area contributed by atoms with Crippen molar-refractivity contribution in [1.29, 1.82) is 0 Å². The molecule has 2 heterocycles. The second kappa shape index (κ2) is 6.14. The predicted molar refractivity (Wildman–Crippen MR) is 102 cm³/mol. The third-order valence-electron chi connectivity index (χ3n) is 3.99. The van der Waals surface area contributed by atoms with Gasteiger partial charge in [-0.15, -0.1) is 10.2 Å². The molecule has 0 radical (unpaired) electrons. The average Bonchev–Trinajstić information content (AvgIpc) is 3.17. The normalized spacial score (nSPS) is 12.0. The second-order valence-corrected chi connectivity index (χ2v) is 6.92.